The molecule has 1 heteroatoms. The molecule has 0 aromatic rings. The van der Waals surface area contributed by atoms with Gasteiger partial charge in [0.2, 0.25) is 0 Å². The summed E-state index contributed by atoms with van der Waals surface area (Å²) < 4.78 is 0. The van der Waals surface area contributed by atoms with Gasteiger partial charge in [0.25, 0.3) is 0 Å². The maximum atomic E-state index is 6.62. The molecule has 0 aromatic heterocycles. The Morgan fingerprint density at radius 1 is 1.67 bits per heavy atom. The third-order valence-electron chi connectivity index (χ3n) is 0.683. The molecule has 0 unspecified atom stereocenters. The number of hydrogen-bond acceptors (Lipinski definition) is 1. The fourth-order valence-corrected chi connectivity index (χ4v) is 0.0833. The SMILES string of the molecule is CC=C(C)C=N. The van der Waals surface area contributed by atoms with E-state index in [9.17, 15) is 0 Å². The molecule has 6 heavy (non-hydrogen) atoms. The first-order valence-electron chi connectivity index (χ1n) is 1.94. The zero-order chi connectivity index (χ0) is 4.99. The van der Waals surface area contributed by atoms with Crippen LogP contribution < -0.4 is 0 Å². The lowest BCUT2D eigenvalue weighted by Crippen LogP contribution is -1.68. The van der Waals surface area contributed by atoms with Crippen LogP contribution in [0.5, 0.6) is 0 Å². The van der Waals surface area contributed by atoms with Crippen LogP contribution in [0.25, 0.3) is 0 Å². The molecule has 0 saturated carbocycles. The summed E-state index contributed by atoms with van der Waals surface area (Å²) in [7, 11) is 0. The monoisotopic (exact) mass is 83.1 g/mol. The minimum absolute atomic E-state index is 1.01. The molecule has 0 atom stereocenters. The van der Waals surface area contributed by atoms with Gasteiger partial charge in [-0.2, -0.15) is 0 Å². The lowest BCUT2D eigenvalue weighted by molar-refractivity contribution is 1.48. The van der Waals surface area contributed by atoms with Crippen molar-refractivity contribution in [3.05, 3.63) is 11.6 Å². The second-order valence-electron chi connectivity index (χ2n) is 1.18. The Kier molecular flexibility index (Phi) is 2.38. The molecule has 1 N–H and O–H groups in total. The quantitative estimate of drug-likeness (QED) is 0.465. The Labute approximate surface area is 38.2 Å². The maximum Gasteiger partial charge on any atom is 0.0203 e. The van der Waals surface area contributed by atoms with Gasteiger partial charge in [0.1, 0.15) is 0 Å². The van der Waals surface area contributed by atoms with Crippen molar-refractivity contribution < 1.29 is 0 Å². The van der Waals surface area contributed by atoms with E-state index in [0.29, 0.717) is 0 Å². The highest BCUT2D eigenvalue weighted by Crippen LogP contribution is 1.80. The van der Waals surface area contributed by atoms with Gasteiger partial charge >= 0.3 is 0 Å². The van der Waals surface area contributed by atoms with Crippen molar-refractivity contribution in [1.29, 1.82) is 5.41 Å². The van der Waals surface area contributed by atoms with Crippen molar-refractivity contribution in [2.45, 2.75) is 13.8 Å². The van der Waals surface area contributed by atoms with E-state index in [2.05, 4.69) is 0 Å². The Balaban J connectivity index is 3.50. The molecule has 0 aromatic carbocycles. The molecule has 34 valence electrons. The van der Waals surface area contributed by atoms with Crippen LogP contribution in [0, 0.1) is 5.41 Å². The summed E-state index contributed by atoms with van der Waals surface area (Å²) in [6.45, 7) is 3.81. The summed E-state index contributed by atoms with van der Waals surface area (Å²) in [5, 5.41) is 6.62. The van der Waals surface area contributed by atoms with E-state index in [1.165, 1.54) is 6.21 Å². The third-order valence-corrected chi connectivity index (χ3v) is 0.683. The molecule has 0 rings (SSSR count). The molecule has 0 aliphatic rings. The Morgan fingerprint density at radius 3 is 2.17 bits per heavy atom. The highest BCUT2D eigenvalue weighted by Gasteiger charge is 1.68. The van der Waals surface area contributed by atoms with Gasteiger partial charge in [-0.1, -0.05) is 6.08 Å². The molecule has 0 fully saturated rings. The van der Waals surface area contributed by atoms with Crippen LogP contribution in [-0.4, -0.2) is 6.21 Å². The lowest BCUT2D eigenvalue weighted by Gasteiger charge is -1.76. The Bertz CT molecular complexity index is 72.0. The van der Waals surface area contributed by atoms with E-state index in [4.69, 9.17) is 5.41 Å². The molecule has 0 amide bonds. The van der Waals surface area contributed by atoms with E-state index < -0.39 is 0 Å². The van der Waals surface area contributed by atoms with Crippen LogP contribution in [-0.2, 0) is 0 Å². The van der Waals surface area contributed by atoms with Crippen molar-refractivity contribution in [1.82, 2.24) is 0 Å². The first-order chi connectivity index (χ1) is 2.81. The fourth-order valence-electron chi connectivity index (χ4n) is 0.0833. The van der Waals surface area contributed by atoms with E-state index >= 15 is 0 Å². The maximum absolute atomic E-state index is 6.62. The molecule has 0 saturated heterocycles. The highest BCUT2D eigenvalue weighted by molar-refractivity contribution is 5.74. The zero-order valence-corrected chi connectivity index (χ0v) is 4.15. The van der Waals surface area contributed by atoms with Gasteiger partial charge in [-0.15, -0.1) is 0 Å². The van der Waals surface area contributed by atoms with Gasteiger partial charge < -0.3 is 5.41 Å². The van der Waals surface area contributed by atoms with Crippen LogP contribution in [0.4, 0.5) is 0 Å². The predicted octanol–water partition coefficient (Wildman–Crippen LogP) is 1.60. The van der Waals surface area contributed by atoms with Crippen molar-refractivity contribution >= 4 is 6.21 Å². The molecule has 0 spiro atoms. The van der Waals surface area contributed by atoms with E-state index in [0.717, 1.165) is 5.57 Å². The van der Waals surface area contributed by atoms with Crippen LogP contribution in [0.1, 0.15) is 13.8 Å². The topological polar surface area (TPSA) is 23.9 Å². The molecular weight excluding hydrogens is 74.1 g/mol. The minimum atomic E-state index is 1.01. The van der Waals surface area contributed by atoms with Crippen LogP contribution in [0.3, 0.4) is 0 Å². The standard InChI is InChI=1S/C5H9N/c1-3-5(2)4-6/h3-4,6H,1-2H3. The van der Waals surface area contributed by atoms with E-state index in [1.54, 1.807) is 0 Å². The zero-order valence-electron chi connectivity index (χ0n) is 4.15. The van der Waals surface area contributed by atoms with Crippen molar-refractivity contribution in [3.63, 3.8) is 0 Å². The average Bonchev–Trinajstić information content (AvgIpc) is 1.65. The van der Waals surface area contributed by atoms with Crippen LogP contribution >= 0.6 is 0 Å². The first-order valence-corrected chi connectivity index (χ1v) is 1.94. The van der Waals surface area contributed by atoms with E-state index in [-0.39, 0.29) is 0 Å². The van der Waals surface area contributed by atoms with Crippen molar-refractivity contribution in [3.8, 4) is 0 Å². The summed E-state index contributed by atoms with van der Waals surface area (Å²) >= 11 is 0. The molecule has 0 radical (unpaired) electrons. The molecule has 0 heterocycles. The van der Waals surface area contributed by atoms with Gasteiger partial charge in [-0.25, -0.2) is 0 Å². The summed E-state index contributed by atoms with van der Waals surface area (Å²) in [6.07, 6.45) is 3.23. The molecule has 0 aliphatic carbocycles. The normalized spacial score (nSPS) is 11.3. The molecule has 0 aliphatic heterocycles. The Morgan fingerprint density at radius 2 is 2.17 bits per heavy atom. The second-order valence-corrected chi connectivity index (χ2v) is 1.18. The summed E-state index contributed by atoms with van der Waals surface area (Å²) in [6, 6.07) is 0. The fraction of sp³-hybridized carbons (Fsp3) is 0.400. The Hall–Kier alpha value is -0.590. The summed E-state index contributed by atoms with van der Waals surface area (Å²) in [4.78, 5) is 0. The smallest absolute Gasteiger partial charge is 0.0203 e. The van der Waals surface area contributed by atoms with Gasteiger partial charge in [0.15, 0.2) is 0 Å². The number of hydrogen-bond donors (Lipinski definition) is 1. The van der Waals surface area contributed by atoms with Gasteiger partial charge in [-0.3, -0.25) is 0 Å². The minimum Gasteiger partial charge on any atom is -0.308 e. The number of allylic oxidation sites excluding steroid dienone is 2. The predicted molar refractivity (Wildman–Crippen MR) is 28.2 cm³/mol. The molecular formula is C5H9N. The van der Waals surface area contributed by atoms with Crippen LogP contribution in [0.15, 0.2) is 11.6 Å². The van der Waals surface area contributed by atoms with Gasteiger partial charge in [-0.05, 0) is 19.4 Å². The number of rotatable bonds is 1. The van der Waals surface area contributed by atoms with Crippen molar-refractivity contribution in [2.75, 3.05) is 0 Å². The summed E-state index contributed by atoms with van der Waals surface area (Å²) in [5.74, 6) is 0. The third kappa shape index (κ3) is 1.70. The first kappa shape index (κ1) is 5.41. The lowest BCUT2D eigenvalue weighted by atomic mass is 10.3. The number of nitrogens with one attached hydrogen (secondary N) is 1. The second kappa shape index (κ2) is 2.64. The van der Waals surface area contributed by atoms with Gasteiger partial charge in [0, 0.05) is 6.21 Å². The van der Waals surface area contributed by atoms with Crippen molar-refractivity contribution in [2.24, 2.45) is 0 Å². The van der Waals surface area contributed by atoms with Crippen LogP contribution in [0.2, 0.25) is 0 Å². The molecule has 1 nitrogen and oxygen atoms in total. The molecule has 0 bridgehead atoms. The van der Waals surface area contributed by atoms with Gasteiger partial charge in [0.05, 0.1) is 0 Å². The van der Waals surface area contributed by atoms with E-state index in [1.807, 2.05) is 19.9 Å². The highest BCUT2D eigenvalue weighted by atomic mass is 14.3. The summed E-state index contributed by atoms with van der Waals surface area (Å²) in [5.41, 5.74) is 1.01. The largest absolute Gasteiger partial charge is 0.308 e. The average molecular weight is 83.1 g/mol.